The van der Waals surface area contributed by atoms with E-state index in [1.165, 1.54) is 25.7 Å². The lowest BCUT2D eigenvalue weighted by Crippen LogP contribution is -2.25. The Balaban J connectivity index is 1.93. The normalized spacial score (nSPS) is 23.8. The molecule has 1 aliphatic carbocycles. The number of rotatable bonds is 4. The van der Waals surface area contributed by atoms with Gasteiger partial charge in [-0.2, -0.15) is 0 Å². The quantitative estimate of drug-likeness (QED) is 0.850. The van der Waals surface area contributed by atoms with Crippen LogP contribution in [-0.4, -0.2) is 16.1 Å². The number of thiocarbonyl (C=S) groups is 1. The van der Waals surface area contributed by atoms with E-state index in [-0.39, 0.29) is 0 Å². The molecule has 98 valence electrons. The zero-order valence-electron chi connectivity index (χ0n) is 10.8. The Kier molecular flexibility index (Phi) is 4.66. The Morgan fingerprint density at radius 1 is 1.50 bits per heavy atom. The molecule has 0 bridgehead atoms. The second-order valence-electron chi connectivity index (χ2n) is 5.02. The predicted octanol–water partition coefficient (Wildman–Crippen LogP) is 2.81. The van der Waals surface area contributed by atoms with Crippen LogP contribution in [0.1, 0.15) is 43.9 Å². The van der Waals surface area contributed by atoms with Gasteiger partial charge in [0.05, 0.1) is 18.4 Å². The van der Waals surface area contributed by atoms with Gasteiger partial charge in [-0.05, 0) is 36.5 Å². The van der Waals surface area contributed by atoms with Crippen LogP contribution in [0.2, 0.25) is 0 Å². The number of ether oxygens (including phenoxy) is 1. The summed E-state index contributed by atoms with van der Waals surface area (Å²) in [4.78, 5) is 4.46. The molecule has 0 spiro atoms. The van der Waals surface area contributed by atoms with Gasteiger partial charge in [0.15, 0.2) is 0 Å². The molecule has 1 heterocycles. The lowest BCUT2D eigenvalue weighted by atomic mass is 9.88. The van der Waals surface area contributed by atoms with E-state index < -0.39 is 0 Å². The Labute approximate surface area is 114 Å². The lowest BCUT2D eigenvalue weighted by molar-refractivity contribution is -0.0154. The molecular weight excluding hydrogens is 244 g/mol. The fourth-order valence-corrected chi connectivity index (χ4v) is 2.54. The number of aromatic nitrogens is 1. The molecule has 1 aliphatic rings. The maximum atomic E-state index is 6.00. The number of pyridine rings is 1. The van der Waals surface area contributed by atoms with Crippen molar-refractivity contribution < 1.29 is 4.74 Å². The molecule has 2 atom stereocenters. The van der Waals surface area contributed by atoms with E-state index in [4.69, 9.17) is 22.7 Å². The van der Waals surface area contributed by atoms with E-state index in [1.54, 1.807) is 6.20 Å². The van der Waals surface area contributed by atoms with Crippen LogP contribution in [-0.2, 0) is 11.3 Å². The van der Waals surface area contributed by atoms with Crippen LogP contribution in [0, 0.1) is 5.92 Å². The fourth-order valence-electron chi connectivity index (χ4n) is 2.43. The first-order valence-corrected chi connectivity index (χ1v) is 6.94. The summed E-state index contributed by atoms with van der Waals surface area (Å²) in [6, 6.07) is 3.87. The number of nitrogens with zero attached hydrogens (tertiary/aromatic N) is 1. The van der Waals surface area contributed by atoms with Gasteiger partial charge in [-0.1, -0.05) is 32.0 Å². The highest BCUT2D eigenvalue weighted by Crippen LogP contribution is 2.26. The third kappa shape index (κ3) is 3.50. The van der Waals surface area contributed by atoms with Crippen molar-refractivity contribution in [3.63, 3.8) is 0 Å². The van der Waals surface area contributed by atoms with Crippen molar-refractivity contribution in [2.24, 2.45) is 11.7 Å². The van der Waals surface area contributed by atoms with Crippen molar-refractivity contribution >= 4 is 17.2 Å². The van der Waals surface area contributed by atoms with Gasteiger partial charge in [-0.3, -0.25) is 4.98 Å². The van der Waals surface area contributed by atoms with E-state index in [0.717, 1.165) is 5.56 Å². The molecule has 0 aliphatic heterocycles. The summed E-state index contributed by atoms with van der Waals surface area (Å²) in [6.07, 6.45) is 7.19. The van der Waals surface area contributed by atoms with Crippen LogP contribution in [0.25, 0.3) is 0 Å². The molecule has 18 heavy (non-hydrogen) atoms. The molecular formula is C14H20N2OS. The highest BCUT2D eigenvalue weighted by Gasteiger charge is 2.21. The van der Waals surface area contributed by atoms with Gasteiger partial charge in [-0.25, -0.2) is 0 Å². The largest absolute Gasteiger partial charge is 0.388 e. The van der Waals surface area contributed by atoms with Crippen molar-refractivity contribution in [3.8, 4) is 0 Å². The molecule has 1 saturated carbocycles. The molecule has 4 heteroatoms. The third-order valence-corrected chi connectivity index (χ3v) is 3.78. The van der Waals surface area contributed by atoms with Crippen LogP contribution in [0.5, 0.6) is 0 Å². The van der Waals surface area contributed by atoms with Gasteiger partial charge < -0.3 is 10.5 Å². The topological polar surface area (TPSA) is 48.1 Å². The summed E-state index contributed by atoms with van der Waals surface area (Å²) in [5, 5.41) is 0. The van der Waals surface area contributed by atoms with Gasteiger partial charge in [0.2, 0.25) is 0 Å². The molecule has 1 aromatic rings. The number of nitrogens with two attached hydrogens (primary N) is 1. The Morgan fingerprint density at radius 2 is 2.28 bits per heavy atom. The molecule has 2 N–H and O–H groups in total. The second-order valence-corrected chi connectivity index (χ2v) is 5.46. The van der Waals surface area contributed by atoms with Gasteiger partial charge in [0.1, 0.15) is 4.99 Å². The van der Waals surface area contributed by atoms with Gasteiger partial charge >= 0.3 is 0 Å². The zero-order chi connectivity index (χ0) is 13.0. The maximum Gasteiger partial charge on any atom is 0.122 e. The molecule has 0 saturated heterocycles. The van der Waals surface area contributed by atoms with Crippen LogP contribution >= 0.6 is 12.2 Å². The van der Waals surface area contributed by atoms with E-state index in [9.17, 15) is 0 Å². The third-order valence-electron chi connectivity index (χ3n) is 3.57. The van der Waals surface area contributed by atoms with E-state index in [2.05, 4.69) is 11.9 Å². The van der Waals surface area contributed by atoms with Crippen LogP contribution in [0.15, 0.2) is 18.3 Å². The summed E-state index contributed by atoms with van der Waals surface area (Å²) in [5.74, 6) is 0.663. The van der Waals surface area contributed by atoms with Crippen molar-refractivity contribution in [1.29, 1.82) is 0 Å². The maximum absolute atomic E-state index is 6.00. The van der Waals surface area contributed by atoms with E-state index in [0.29, 0.717) is 29.3 Å². The smallest absolute Gasteiger partial charge is 0.122 e. The predicted molar refractivity (Wildman–Crippen MR) is 76.3 cm³/mol. The average molecular weight is 264 g/mol. The van der Waals surface area contributed by atoms with Crippen LogP contribution in [0.4, 0.5) is 0 Å². The molecule has 1 fully saturated rings. The molecule has 0 aromatic carbocycles. The summed E-state index contributed by atoms with van der Waals surface area (Å²) in [6.45, 7) is 2.89. The Hall–Kier alpha value is -1.00. The summed E-state index contributed by atoms with van der Waals surface area (Å²) in [5.41, 5.74) is 7.33. The van der Waals surface area contributed by atoms with Crippen LogP contribution < -0.4 is 5.73 Å². The van der Waals surface area contributed by atoms with E-state index >= 15 is 0 Å². The van der Waals surface area contributed by atoms with Crippen molar-refractivity contribution in [2.75, 3.05) is 0 Å². The number of hydrogen-bond acceptors (Lipinski definition) is 3. The summed E-state index contributed by atoms with van der Waals surface area (Å²) >= 11 is 4.92. The van der Waals surface area contributed by atoms with Crippen molar-refractivity contribution in [1.82, 2.24) is 4.98 Å². The summed E-state index contributed by atoms with van der Waals surface area (Å²) < 4.78 is 6.00. The van der Waals surface area contributed by atoms with Crippen molar-refractivity contribution in [3.05, 3.63) is 29.6 Å². The molecule has 2 unspecified atom stereocenters. The first-order valence-electron chi connectivity index (χ1n) is 6.53. The Bertz CT molecular complexity index is 422. The van der Waals surface area contributed by atoms with E-state index in [1.807, 2.05) is 12.1 Å². The molecule has 2 rings (SSSR count). The minimum Gasteiger partial charge on any atom is -0.388 e. The standard InChI is InChI=1S/C14H20N2OS/c1-10-4-2-3-5-13(10)17-9-11-6-7-16-12(8-11)14(15)18/h6-8,10,13H,2-5,9H2,1H3,(H2,15,18). The molecule has 0 radical (unpaired) electrons. The second kappa shape index (κ2) is 6.25. The lowest BCUT2D eigenvalue weighted by Gasteiger charge is -2.28. The summed E-state index contributed by atoms with van der Waals surface area (Å²) in [7, 11) is 0. The first-order chi connectivity index (χ1) is 8.66. The monoisotopic (exact) mass is 264 g/mol. The van der Waals surface area contributed by atoms with Crippen molar-refractivity contribution in [2.45, 2.75) is 45.3 Å². The molecule has 1 aromatic heterocycles. The number of hydrogen-bond donors (Lipinski definition) is 1. The van der Waals surface area contributed by atoms with Crippen LogP contribution in [0.3, 0.4) is 0 Å². The Morgan fingerprint density at radius 3 is 3.00 bits per heavy atom. The van der Waals surface area contributed by atoms with Gasteiger partial charge in [-0.15, -0.1) is 0 Å². The fraction of sp³-hybridized carbons (Fsp3) is 0.571. The average Bonchev–Trinajstić information content (AvgIpc) is 2.38. The minimum absolute atomic E-state index is 0.336. The minimum atomic E-state index is 0.336. The SMILES string of the molecule is CC1CCCCC1OCc1ccnc(C(N)=S)c1. The van der Waals surface area contributed by atoms with Gasteiger partial charge in [0, 0.05) is 6.20 Å². The first kappa shape index (κ1) is 13.4. The zero-order valence-corrected chi connectivity index (χ0v) is 11.6. The molecule has 0 amide bonds. The highest BCUT2D eigenvalue weighted by atomic mass is 32.1. The van der Waals surface area contributed by atoms with Gasteiger partial charge in [0.25, 0.3) is 0 Å². The highest BCUT2D eigenvalue weighted by molar-refractivity contribution is 7.80. The molecule has 3 nitrogen and oxygen atoms in total.